The summed E-state index contributed by atoms with van der Waals surface area (Å²) in [5.41, 5.74) is 0.415. The first kappa shape index (κ1) is 24.3. The third-order valence-corrected chi connectivity index (χ3v) is 4.15. The minimum absolute atomic E-state index is 0.392. The van der Waals surface area contributed by atoms with Gasteiger partial charge in [0.1, 0.15) is 12.7 Å². The number of cyclic esters (lactones) is 1. The van der Waals surface area contributed by atoms with Crippen LogP contribution in [0.5, 0.6) is 0 Å². The first-order valence-corrected chi connectivity index (χ1v) is 9.32. The van der Waals surface area contributed by atoms with Crippen molar-refractivity contribution < 1.29 is 57.1 Å². The van der Waals surface area contributed by atoms with Crippen LogP contribution in [0.2, 0.25) is 0 Å². The van der Waals surface area contributed by atoms with Gasteiger partial charge in [-0.2, -0.15) is 0 Å². The zero-order valence-electron chi connectivity index (χ0n) is 17.6. The van der Waals surface area contributed by atoms with Crippen molar-refractivity contribution in [2.45, 2.75) is 71.6 Å². The fourth-order valence-corrected chi connectivity index (χ4v) is 3.04. The van der Waals surface area contributed by atoms with E-state index in [9.17, 15) is 24.0 Å². The Hall–Kier alpha value is -2.99. The smallest absolute Gasteiger partial charge is 0.333 e. The van der Waals surface area contributed by atoms with Crippen LogP contribution < -0.4 is 0 Å². The first-order valence-electron chi connectivity index (χ1n) is 9.32. The normalized spacial score (nSPS) is 30.0. The highest BCUT2D eigenvalue weighted by Gasteiger charge is 2.53. The molecule has 0 aliphatic carbocycles. The lowest BCUT2D eigenvalue weighted by Crippen LogP contribution is -2.63. The Balaban J connectivity index is 2.40. The van der Waals surface area contributed by atoms with Crippen molar-refractivity contribution in [2.24, 2.45) is 0 Å². The van der Waals surface area contributed by atoms with Crippen molar-refractivity contribution in [1.82, 2.24) is 0 Å². The quantitative estimate of drug-likeness (QED) is 0.381. The molecule has 172 valence electrons. The Labute approximate surface area is 177 Å². The molecule has 12 nitrogen and oxygen atoms in total. The van der Waals surface area contributed by atoms with Gasteiger partial charge in [0.15, 0.2) is 18.3 Å². The summed E-state index contributed by atoms with van der Waals surface area (Å²) < 4.78 is 37.2. The Morgan fingerprint density at radius 1 is 0.871 bits per heavy atom. The minimum Gasteiger partial charge on any atom is -0.463 e. The highest BCUT2D eigenvalue weighted by atomic mass is 16.8. The molecular formula is C19H24O12. The summed E-state index contributed by atoms with van der Waals surface area (Å²) in [4.78, 5) is 57.9. The van der Waals surface area contributed by atoms with Crippen LogP contribution in [0.3, 0.4) is 0 Å². The van der Waals surface area contributed by atoms with Crippen LogP contribution in [-0.2, 0) is 57.1 Å². The Kier molecular flexibility index (Phi) is 8.11. The molecule has 31 heavy (non-hydrogen) atoms. The van der Waals surface area contributed by atoms with Crippen molar-refractivity contribution in [1.29, 1.82) is 0 Å². The van der Waals surface area contributed by atoms with Gasteiger partial charge >= 0.3 is 29.8 Å². The molecule has 0 aromatic rings. The molecule has 0 aromatic carbocycles. The molecule has 0 bridgehead atoms. The summed E-state index contributed by atoms with van der Waals surface area (Å²) in [6.07, 6.45) is -6.61. The first-order chi connectivity index (χ1) is 14.5. The van der Waals surface area contributed by atoms with Gasteiger partial charge in [0, 0.05) is 39.3 Å². The maximum absolute atomic E-state index is 11.7. The molecule has 0 spiro atoms. The topological polar surface area (TPSA) is 150 Å². The molecule has 0 aromatic heterocycles. The molecule has 0 amide bonds. The van der Waals surface area contributed by atoms with E-state index in [-0.39, 0.29) is 0 Å². The summed E-state index contributed by atoms with van der Waals surface area (Å²) in [5.74, 6) is -3.57. The highest BCUT2D eigenvalue weighted by molar-refractivity contribution is 5.85. The molecule has 0 saturated carbocycles. The third kappa shape index (κ3) is 6.76. The second-order valence-corrected chi connectivity index (χ2v) is 6.86. The summed E-state index contributed by atoms with van der Waals surface area (Å²) >= 11 is 0. The summed E-state index contributed by atoms with van der Waals surface area (Å²) in [7, 11) is 0. The molecule has 0 N–H and O–H groups in total. The zero-order chi connectivity index (χ0) is 23.3. The van der Waals surface area contributed by atoms with Gasteiger partial charge in [-0.3, -0.25) is 19.2 Å². The lowest BCUT2D eigenvalue weighted by atomic mass is 9.98. The molecule has 1 saturated heterocycles. The van der Waals surface area contributed by atoms with Crippen LogP contribution in [-0.4, -0.2) is 73.4 Å². The van der Waals surface area contributed by atoms with E-state index >= 15 is 0 Å². The second kappa shape index (κ2) is 10.4. The number of hydrogen-bond donors (Lipinski definition) is 0. The van der Waals surface area contributed by atoms with Crippen LogP contribution in [0.4, 0.5) is 0 Å². The van der Waals surface area contributed by atoms with Gasteiger partial charge in [-0.25, -0.2) is 4.79 Å². The summed E-state index contributed by atoms with van der Waals surface area (Å²) in [6.45, 7) is 5.66. The van der Waals surface area contributed by atoms with Gasteiger partial charge in [0.2, 0.25) is 12.6 Å². The molecule has 6 atom stereocenters. The van der Waals surface area contributed by atoms with E-state index in [1.54, 1.807) is 6.92 Å². The number of hydrogen-bond acceptors (Lipinski definition) is 12. The van der Waals surface area contributed by atoms with Crippen molar-refractivity contribution >= 4 is 29.8 Å². The maximum atomic E-state index is 11.7. The van der Waals surface area contributed by atoms with Gasteiger partial charge in [-0.05, 0) is 6.92 Å². The zero-order valence-corrected chi connectivity index (χ0v) is 17.6. The number of carbonyl (C=O) groups is 5. The lowest BCUT2D eigenvalue weighted by Gasteiger charge is -2.44. The Morgan fingerprint density at radius 3 is 1.90 bits per heavy atom. The monoisotopic (exact) mass is 444 g/mol. The highest BCUT2D eigenvalue weighted by Crippen LogP contribution is 2.32. The SMILES string of the molecule is CC(=O)OC[C@H]1OC(OC2OC(=O)C=C2C)[C@H](OC(C)=O)[C@@H](OC(C)=O)[C@@H]1OC(C)=O. The lowest BCUT2D eigenvalue weighted by molar-refractivity contribution is -0.329. The molecule has 2 rings (SSSR count). The van der Waals surface area contributed by atoms with E-state index in [1.165, 1.54) is 6.08 Å². The predicted octanol–water partition coefficient (Wildman–Crippen LogP) is -0.0847. The molecular weight excluding hydrogens is 420 g/mol. The van der Waals surface area contributed by atoms with Gasteiger partial charge in [0.25, 0.3) is 0 Å². The van der Waals surface area contributed by atoms with Crippen molar-refractivity contribution in [3.05, 3.63) is 11.6 Å². The van der Waals surface area contributed by atoms with E-state index in [2.05, 4.69) is 0 Å². The van der Waals surface area contributed by atoms with E-state index < -0.39 is 73.4 Å². The average molecular weight is 444 g/mol. The third-order valence-electron chi connectivity index (χ3n) is 4.15. The Bertz CT molecular complexity index is 772. The molecule has 2 unspecified atom stereocenters. The largest absolute Gasteiger partial charge is 0.463 e. The van der Waals surface area contributed by atoms with Crippen LogP contribution >= 0.6 is 0 Å². The van der Waals surface area contributed by atoms with E-state index in [0.717, 1.165) is 27.7 Å². The standard InChI is InChI=1S/C19H24O12/c1-8-6-14(24)30-18(8)31-19-17(28-12(5)23)16(27-11(4)22)15(26-10(3)21)13(29-19)7-25-9(2)20/h6,13,15-19H,7H2,1-5H3/t13-,15-,16+,17-,18?,19?/m1/s1. The van der Waals surface area contributed by atoms with Gasteiger partial charge in [-0.1, -0.05) is 0 Å². The van der Waals surface area contributed by atoms with Gasteiger partial charge < -0.3 is 33.2 Å². The molecule has 12 heteroatoms. The van der Waals surface area contributed by atoms with Crippen molar-refractivity contribution in [2.75, 3.05) is 6.61 Å². The van der Waals surface area contributed by atoms with E-state index in [1.807, 2.05) is 0 Å². The van der Waals surface area contributed by atoms with Crippen LogP contribution in [0, 0.1) is 0 Å². The number of esters is 5. The number of carbonyl (C=O) groups excluding carboxylic acids is 5. The second-order valence-electron chi connectivity index (χ2n) is 6.86. The van der Waals surface area contributed by atoms with Gasteiger partial charge in [0.05, 0.1) is 0 Å². The minimum atomic E-state index is -1.43. The summed E-state index contributed by atoms with van der Waals surface area (Å²) in [6, 6.07) is 0. The van der Waals surface area contributed by atoms with Gasteiger partial charge in [-0.15, -0.1) is 0 Å². The van der Waals surface area contributed by atoms with Crippen LogP contribution in [0.15, 0.2) is 11.6 Å². The van der Waals surface area contributed by atoms with E-state index in [4.69, 9.17) is 33.2 Å². The average Bonchev–Trinajstić information content (AvgIpc) is 2.94. The van der Waals surface area contributed by atoms with E-state index in [0.29, 0.717) is 5.57 Å². The van der Waals surface area contributed by atoms with Crippen LogP contribution in [0.25, 0.3) is 0 Å². The maximum Gasteiger partial charge on any atom is 0.333 e. The fraction of sp³-hybridized carbons (Fsp3) is 0.632. The molecule has 1 fully saturated rings. The number of rotatable bonds is 7. The number of ether oxygens (including phenoxy) is 7. The van der Waals surface area contributed by atoms with Crippen LogP contribution in [0.1, 0.15) is 34.6 Å². The molecule has 2 heterocycles. The van der Waals surface area contributed by atoms with Crippen molar-refractivity contribution in [3.8, 4) is 0 Å². The molecule has 2 aliphatic heterocycles. The fourth-order valence-electron chi connectivity index (χ4n) is 3.04. The molecule has 2 aliphatic rings. The predicted molar refractivity (Wildman–Crippen MR) is 96.7 cm³/mol. The molecule has 0 radical (unpaired) electrons. The van der Waals surface area contributed by atoms with Crippen molar-refractivity contribution in [3.63, 3.8) is 0 Å². The summed E-state index contributed by atoms with van der Waals surface area (Å²) in [5, 5.41) is 0. The Morgan fingerprint density at radius 2 is 1.42 bits per heavy atom.